The van der Waals surface area contributed by atoms with Crippen LogP contribution in [0.4, 0.5) is 8.78 Å². The monoisotopic (exact) mass is 376 g/mol. The number of halogens is 2. The highest BCUT2D eigenvalue weighted by molar-refractivity contribution is 5.99. The Labute approximate surface area is 154 Å². The molecule has 1 aromatic rings. The van der Waals surface area contributed by atoms with Crippen LogP contribution in [-0.2, 0) is 9.53 Å². The van der Waals surface area contributed by atoms with Gasteiger partial charge in [0.1, 0.15) is 17.4 Å². The molecule has 0 radical (unpaired) electrons. The predicted molar refractivity (Wildman–Crippen MR) is 90.8 cm³/mol. The molecule has 142 valence electrons. The van der Waals surface area contributed by atoms with Crippen molar-refractivity contribution in [1.29, 1.82) is 5.26 Å². The number of Topliss-reactive ketones (excluding diaryl/α,β-unsaturated/α-hetero) is 1. The van der Waals surface area contributed by atoms with Crippen LogP contribution >= 0.6 is 0 Å². The maximum atomic E-state index is 12.6. The summed E-state index contributed by atoms with van der Waals surface area (Å²) in [4.78, 5) is 12.5. The first-order valence-corrected chi connectivity index (χ1v) is 8.51. The van der Waals surface area contributed by atoms with E-state index in [0.29, 0.717) is 36.2 Å². The zero-order valence-electron chi connectivity index (χ0n) is 14.6. The highest BCUT2D eigenvalue weighted by Crippen LogP contribution is 2.45. The number of benzene rings is 1. The number of hydrogen-bond donors (Lipinski definition) is 1. The number of alkyl halides is 2. The van der Waals surface area contributed by atoms with Gasteiger partial charge in [-0.3, -0.25) is 4.79 Å². The topological polar surface area (TPSA) is 94.6 Å². The molecule has 8 heteroatoms. The van der Waals surface area contributed by atoms with Crippen molar-refractivity contribution in [1.82, 2.24) is 0 Å². The molecule has 3 rings (SSSR count). The van der Waals surface area contributed by atoms with Crippen LogP contribution in [0.3, 0.4) is 0 Å². The molecule has 1 atom stereocenters. The van der Waals surface area contributed by atoms with E-state index in [1.54, 1.807) is 6.92 Å². The lowest BCUT2D eigenvalue weighted by molar-refractivity contribution is -0.116. The van der Waals surface area contributed by atoms with Gasteiger partial charge in [-0.15, -0.1) is 0 Å². The Bertz CT molecular complexity index is 871. The van der Waals surface area contributed by atoms with Gasteiger partial charge in [0, 0.05) is 18.4 Å². The second-order valence-corrected chi connectivity index (χ2v) is 6.06. The van der Waals surface area contributed by atoms with Crippen LogP contribution in [0, 0.1) is 11.3 Å². The first-order chi connectivity index (χ1) is 13.0. The van der Waals surface area contributed by atoms with Crippen molar-refractivity contribution < 1.29 is 27.8 Å². The third kappa shape index (κ3) is 3.58. The minimum Gasteiger partial charge on any atom is -0.490 e. The number of ether oxygens (including phenoxy) is 3. The van der Waals surface area contributed by atoms with Crippen molar-refractivity contribution >= 4 is 5.78 Å². The molecule has 0 saturated carbocycles. The standard InChI is InChI=1S/C19H18F2N2O4/c1-2-25-15-8-10(6-7-13(15)27-19(20)21)16-11(9-22)18(23)26-14-5-3-4-12(24)17(14)16/h6-8,16,19H,2-5,23H2,1H3. The summed E-state index contributed by atoms with van der Waals surface area (Å²) >= 11 is 0. The molecule has 27 heavy (non-hydrogen) atoms. The van der Waals surface area contributed by atoms with E-state index in [1.165, 1.54) is 18.2 Å². The van der Waals surface area contributed by atoms with E-state index in [1.807, 2.05) is 6.07 Å². The number of nitrogens with two attached hydrogens (primary N) is 1. The van der Waals surface area contributed by atoms with Gasteiger partial charge < -0.3 is 19.9 Å². The number of hydrogen-bond acceptors (Lipinski definition) is 6. The lowest BCUT2D eigenvalue weighted by Crippen LogP contribution is -2.27. The molecule has 1 aliphatic heterocycles. The lowest BCUT2D eigenvalue weighted by Gasteiger charge is -2.31. The van der Waals surface area contributed by atoms with Crippen molar-refractivity contribution in [2.45, 2.75) is 38.7 Å². The number of carbonyl (C=O) groups excluding carboxylic acids is 1. The van der Waals surface area contributed by atoms with Gasteiger partial charge in [0.05, 0.1) is 12.5 Å². The van der Waals surface area contributed by atoms with Crippen molar-refractivity contribution in [2.75, 3.05) is 6.61 Å². The van der Waals surface area contributed by atoms with E-state index in [2.05, 4.69) is 4.74 Å². The van der Waals surface area contributed by atoms with Crippen LogP contribution in [0.5, 0.6) is 11.5 Å². The molecule has 1 aromatic carbocycles. The average Bonchev–Trinajstić information content (AvgIpc) is 2.62. The summed E-state index contributed by atoms with van der Waals surface area (Å²) in [5.74, 6) is -0.468. The van der Waals surface area contributed by atoms with E-state index in [4.69, 9.17) is 15.2 Å². The van der Waals surface area contributed by atoms with Gasteiger partial charge in [0.15, 0.2) is 17.3 Å². The Morgan fingerprint density at radius 1 is 1.37 bits per heavy atom. The van der Waals surface area contributed by atoms with E-state index in [-0.39, 0.29) is 35.3 Å². The van der Waals surface area contributed by atoms with Crippen molar-refractivity contribution in [3.05, 3.63) is 46.6 Å². The maximum absolute atomic E-state index is 12.6. The second-order valence-electron chi connectivity index (χ2n) is 6.06. The summed E-state index contributed by atoms with van der Waals surface area (Å²) in [5, 5.41) is 9.56. The highest BCUT2D eigenvalue weighted by atomic mass is 19.3. The summed E-state index contributed by atoms with van der Waals surface area (Å²) in [6.45, 7) is -1.07. The van der Waals surface area contributed by atoms with E-state index >= 15 is 0 Å². The van der Waals surface area contributed by atoms with Crippen LogP contribution in [0.25, 0.3) is 0 Å². The van der Waals surface area contributed by atoms with Gasteiger partial charge in [-0.2, -0.15) is 14.0 Å². The number of rotatable bonds is 5. The van der Waals surface area contributed by atoms with Crippen molar-refractivity contribution in [3.63, 3.8) is 0 Å². The summed E-state index contributed by atoms with van der Waals surface area (Å²) in [6.07, 6.45) is 1.54. The normalized spacial score (nSPS) is 19.5. The summed E-state index contributed by atoms with van der Waals surface area (Å²) < 4.78 is 40.6. The molecule has 0 spiro atoms. The number of ketones is 1. The van der Waals surface area contributed by atoms with Gasteiger partial charge in [0.25, 0.3) is 0 Å². The third-order valence-electron chi connectivity index (χ3n) is 4.42. The molecular formula is C19H18F2N2O4. The minimum atomic E-state index is -3.00. The van der Waals surface area contributed by atoms with Gasteiger partial charge in [-0.25, -0.2) is 0 Å². The highest BCUT2D eigenvalue weighted by Gasteiger charge is 2.38. The first kappa shape index (κ1) is 18.7. The van der Waals surface area contributed by atoms with Gasteiger partial charge in [-0.1, -0.05) is 6.07 Å². The Balaban J connectivity index is 2.12. The molecule has 1 aliphatic carbocycles. The summed E-state index contributed by atoms with van der Waals surface area (Å²) in [7, 11) is 0. The summed E-state index contributed by atoms with van der Waals surface area (Å²) in [5.41, 5.74) is 6.91. The zero-order chi connectivity index (χ0) is 19.6. The van der Waals surface area contributed by atoms with Crippen LogP contribution in [0.1, 0.15) is 37.7 Å². The van der Waals surface area contributed by atoms with Crippen LogP contribution in [0.2, 0.25) is 0 Å². The first-order valence-electron chi connectivity index (χ1n) is 8.51. The van der Waals surface area contributed by atoms with E-state index in [0.717, 1.165) is 0 Å². The van der Waals surface area contributed by atoms with Crippen LogP contribution in [0.15, 0.2) is 41.0 Å². The molecule has 0 fully saturated rings. The average molecular weight is 376 g/mol. The fraction of sp³-hybridized carbons (Fsp3) is 0.368. The molecule has 2 N–H and O–H groups in total. The Morgan fingerprint density at radius 3 is 2.81 bits per heavy atom. The SMILES string of the molecule is CCOc1cc(C2C(C#N)=C(N)OC3=C2C(=O)CCC3)ccc1OC(F)F. The van der Waals surface area contributed by atoms with Crippen LogP contribution < -0.4 is 15.2 Å². The van der Waals surface area contributed by atoms with Gasteiger partial charge in [-0.05, 0) is 31.0 Å². The smallest absolute Gasteiger partial charge is 0.387 e. The van der Waals surface area contributed by atoms with Gasteiger partial charge in [0.2, 0.25) is 5.88 Å². The Morgan fingerprint density at radius 2 is 2.15 bits per heavy atom. The molecule has 0 aromatic heterocycles. The molecule has 0 bridgehead atoms. The number of allylic oxidation sites excluding steroid dienone is 3. The Kier molecular flexibility index (Phi) is 5.31. The number of carbonyl (C=O) groups is 1. The minimum absolute atomic E-state index is 0.0539. The zero-order valence-corrected chi connectivity index (χ0v) is 14.6. The fourth-order valence-corrected chi connectivity index (χ4v) is 3.36. The summed E-state index contributed by atoms with van der Waals surface area (Å²) in [6, 6.07) is 6.35. The second kappa shape index (κ2) is 7.66. The predicted octanol–water partition coefficient (Wildman–Crippen LogP) is 3.50. The molecule has 1 heterocycles. The van der Waals surface area contributed by atoms with Crippen molar-refractivity contribution in [2.24, 2.45) is 5.73 Å². The van der Waals surface area contributed by atoms with E-state index < -0.39 is 12.5 Å². The molecule has 1 unspecified atom stereocenters. The van der Waals surface area contributed by atoms with Crippen LogP contribution in [-0.4, -0.2) is 19.0 Å². The van der Waals surface area contributed by atoms with Gasteiger partial charge >= 0.3 is 6.61 Å². The van der Waals surface area contributed by atoms with Crippen molar-refractivity contribution in [3.8, 4) is 17.6 Å². The van der Waals surface area contributed by atoms with E-state index in [9.17, 15) is 18.8 Å². The number of nitrogens with zero attached hydrogens (tertiary/aromatic N) is 1. The fourth-order valence-electron chi connectivity index (χ4n) is 3.36. The Hall–Kier alpha value is -3.08. The molecule has 0 saturated heterocycles. The molecule has 2 aliphatic rings. The third-order valence-corrected chi connectivity index (χ3v) is 4.42. The quantitative estimate of drug-likeness (QED) is 0.845. The number of nitriles is 1. The lowest BCUT2D eigenvalue weighted by atomic mass is 9.77. The largest absolute Gasteiger partial charge is 0.490 e. The molecule has 6 nitrogen and oxygen atoms in total. The molecule has 0 amide bonds. The molecular weight excluding hydrogens is 358 g/mol. The maximum Gasteiger partial charge on any atom is 0.387 e.